The Bertz CT molecular complexity index is 1070. The largest absolute Gasteiger partial charge is 0.464 e. The van der Waals surface area contributed by atoms with Gasteiger partial charge < -0.3 is 15.8 Å². The zero-order valence-electron chi connectivity index (χ0n) is 17.7. The van der Waals surface area contributed by atoms with Crippen molar-refractivity contribution in [3.63, 3.8) is 0 Å². The molecular formula is C22H26N6O2. The highest BCUT2D eigenvalue weighted by molar-refractivity contribution is 5.87. The quantitative estimate of drug-likeness (QED) is 0.454. The first kappa shape index (κ1) is 21.2. The number of hydrogen-bond donors (Lipinski definition) is 2. The number of methoxy groups -OCH3 is 1. The van der Waals surface area contributed by atoms with Gasteiger partial charge >= 0.3 is 5.97 Å². The van der Waals surface area contributed by atoms with Gasteiger partial charge in [0.05, 0.1) is 12.8 Å². The van der Waals surface area contributed by atoms with Crippen LogP contribution in [0.5, 0.6) is 0 Å². The lowest BCUT2D eigenvalue weighted by Crippen LogP contribution is -2.11. The van der Waals surface area contributed by atoms with Crippen LogP contribution in [-0.4, -0.2) is 39.6 Å². The van der Waals surface area contributed by atoms with Crippen molar-refractivity contribution in [3.05, 3.63) is 58.7 Å². The monoisotopic (exact) mass is 406 g/mol. The summed E-state index contributed by atoms with van der Waals surface area (Å²) in [6.07, 6.45) is 1.37. The molecule has 156 valence electrons. The summed E-state index contributed by atoms with van der Waals surface area (Å²) in [5, 5.41) is 3.28. The van der Waals surface area contributed by atoms with E-state index in [2.05, 4.69) is 45.2 Å². The molecule has 0 radical (unpaired) electrons. The van der Waals surface area contributed by atoms with E-state index in [1.807, 2.05) is 25.1 Å². The fourth-order valence-electron chi connectivity index (χ4n) is 3.14. The van der Waals surface area contributed by atoms with E-state index in [4.69, 9.17) is 10.5 Å². The summed E-state index contributed by atoms with van der Waals surface area (Å²) in [4.78, 5) is 29.0. The van der Waals surface area contributed by atoms with Gasteiger partial charge in [0, 0.05) is 30.3 Å². The molecule has 0 aliphatic rings. The van der Waals surface area contributed by atoms with Crippen LogP contribution in [0, 0.1) is 20.8 Å². The molecule has 2 aromatic heterocycles. The van der Waals surface area contributed by atoms with Gasteiger partial charge in [-0.25, -0.2) is 19.7 Å². The van der Waals surface area contributed by atoms with Gasteiger partial charge in [-0.2, -0.15) is 4.98 Å². The van der Waals surface area contributed by atoms with E-state index in [0.29, 0.717) is 24.6 Å². The molecule has 3 N–H and O–H groups in total. The molecule has 0 spiro atoms. The molecular weight excluding hydrogens is 380 g/mol. The maximum absolute atomic E-state index is 11.7. The Labute approximate surface area is 176 Å². The first-order valence-electron chi connectivity index (χ1n) is 9.75. The molecule has 3 rings (SSSR count). The van der Waals surface area contributed by atoms with E-state index < -0.39 is 5.97 Å². The van der Waals surface area contributed by atoms with Gasteiger partial charge in [-0.15, -0.1) is 0 Å². The molecule has 8 nitrogen and oxygen atoms in total. The molecule has 0 aliphatic heterocycles. The second-order valence-corrected chi connectivity index (χ2v) is 7.08. The molecule has 0 bridgehead atoms. The molecule has 0 amide bonds. The number of nitrogen functional groups attached to an aromatic ring is 1. The minimum Gasteiger partial charge on any atom is -0.464 e. The molecule has 30 heavy (non-hydrogen) atoms. The maximum atomic E-state index is 11.7. The summed E-state index contributed by atoms with van der Waals surface area (Å²) < 4.78 is 4.74. The van der Waals surface area contributed by atoms with Gasteiger partial charge in [-0.1, -0.05) is 18.2 Å². The number of nitrogens with one attached hydrogen (secondary N) is 1. The van der Waals surface area contributed by atoms with Crippen LogP contribution < -0.4 is 11.1 Å². The van der Waals surface area contributed by atoms with Crippen LogP contribution in [-0.2, 0) is 11.2 Å². The lowest BCUT2D eigenvalue weighted by atomic mass is 10.0. The number of anilines is 2. The number of esters is 1. The lowest BCUT2D eigenvalue weighted by Gasteiger charge is -2.11. The highest BCUT2D eigenvalue weighted by Crippen LogP contribution is 2.26. The zero-order chi connectivity index (χ0) is 21.7. The SMILES string of the molecule is COC(=O)c1cc(C)nc(CCCNc2cc(-c3cccc(C)c3C)nc(N)n2)n1. The van der Waals surface area contributed by atoms with Crippen LogP contribution in [0.15, 0.2) is 30.3 Å². The number of nitrogens with zero attached hydrogens (tertiary/aromatic N) is 4. The Kier molecular flexibility index (Phi) is 6.56. The Morgan fingerprint density at radius 1 is 1.10 bits per heavy atom. The van der Waals surface area contributed by atoms with E-state index in [0.717, 1.165) is 23.4 Å². The molecule has 0 unspecified atom stereocenters. The predicted molar refractivity (Wildman–Crippen MR) is 116 cm³/mol. The fourth-order valence-corrected chi connectivity index (χ4v) is 3.14. The van der Waals surface area contributed by atoms with E-state index >= 15 is 0 Å². The van der Waals surface area contributed by atoms with E-state index in [-0.39, 0.29) is 11.6 Å². The maximum Gasteiger partial charge on any atom is 0.356 e. The third-order valence-corrected chi connectivity index (χ3v) is 4.80. The molecule has 0 atom stereocenters. The average molecular weight is 406 g/mol. The highest BCUT2D eigenvalue weighted by Gasteiger charge is 2.11. The first-order chi connectivity index (χ1) is 14.4. The van der Waals surface area contributed by atoms with Crippen molar-refractivity contribution in [2.45, 2.75) is 33.6 Å². The summed E-state index contributed by atoms with van der Waals surface area (Å²) in [5.41, 5.74) is 11.1. The summed E-state index contributed by atoms with van der Waals surface area (Å²) in [7, 11) is 1.34. The van der Waals surface area contributed by atoms with Gasteiger partial charge in [-0.3, -0.25) is 0 Å². The molecule has 0 saturated carbocycles. The van der Waals surface area contributed by atoms with E-state index in [1.54, 1.807) is 6.07 Å². The van der Waals surface area contributed by atoms with Crippen LogP contribution >= 0.6 is 0 Å². The third-order valence-electron chi connectivity index (χ3n) is 4.80. The van der Waals surface area contributed by atoms with Gasteiger partial charge in [0.25, 0.3) is 0 Å². The normalized spacial score (nSPS) is 10.7. The number of rotatable bonds is 7. The van der Waals surface area contributed by atoms with Crippen LogP contribution in [0.2, 0.25) is 0 Å². The van der Waals surface area contributed by atoms with E-state index in [9.17, 15) is 4.79 Å². The van der Waals surface area contributed by atoms with Crippen molar-refractivity contribution in [2.24, 2.45) is 0 Å². The number of aromatic nitrogens is 4. The van der Waals surface area contributed by atoms with Gasteiger partial charge in [0.2, 0.25) is 5.95 Å². The van der Waals surface area contributed by atoms with Crippen molar-refractivity contribution >= 4 is 17.7 Å². The molecule has 0 saturated heterocycles. The van der Waals surface area contributed by atoms with Gasteiger partial charge in [0.1, 0.15) is 11.6 Å². The molecule has 3 aromatic rings. The van der Waals surface area contributed by atoms with E-state index in [1.165, 1.54) is 18.2 Å². The summed E-state index contributed by atoms with van der Waals surface area (Å²) >= 11 is 0. The number of nitrogens with two attached hydrogens (primary N) is 1. The topological polar surface area (TPSA) is 116 Å². The average Bonchev–Trinajstić information content (AvgIpc) is 2.72. The standard InChI is InChI=1S/C22H26N6O2/c1-13-7-5-8-16(15(13)3)17-12-20(28-22(23)27-17)24-10-6-9-19-25-14(2)11-18(26-19)21(29)30-4/h5,7-8,11-12H,6,9-10H2,1-4H3,(H3,23,24,27,28). The Morgan fingerprint density at radius 2 is 1.90 bits per heavy atom. The number of benzene rings is 1. The number of ether oxygens (including phenoxy) is 1. The smallest absolute Gasteiger partial charge is 0.356 e. The highest BCUT2D eigenvalue weighted by atomic mass is 16.5. The minimum atomic E-state index is -0.463. The molecule has 8 heteroatoms. The third kappa shape index (κ3) is 5.08. The molecule has 2 heterocycles. The van der Waals surface area contributed by atoms with Crippen molar-refractivity contribution < 1.29 is 9.53 Å². The first-order valence-corrected chi connectivity index (χ1v) is 9.75. The number of aryl methyl sites for hydroxylation is 3. The number of carbonyl (C=O) groups excluding carboxylic acids is 1. The van der Waals surface area contributed by atoms with Gasteiger partial charge in [0.15, 0.2) is 5.69 Å². The zero-order valence-corrected chi connectivity index (χ0v) is 17.7. The Morgan fingerprint density at radius 3 is 2.67 bits per heavy atom. The fraction of sp³-hybridized carbons (Fsp3) is 0.318. The van der Waals surface area contributed by atoms with Crippen molar-refractivity contribution in [1.29, 1.82) is 0 Å². The van der Waals surface area contributed by atoms with Crippen molar-refractivity contribution in [2.75, 3.05) is 24.7 Å². The summed E-state index contributed by atoms with van der Waals surface area (Å²) in [6, 6.07) is 9.62. The van der Waals surface area contributed by atoms with Crippen LogP contribution in [0.4, 0.5) is 11.8 Å². The Balaban J connectivity index is 1.66. The molecule has 0 fully saturated rings. The van der Waals surface area contributed by atoms with Crippen LogP contribution in [0.3, 0.4) is 0 Å². The minimum absolute atomic E-state index is 0.223. The predicted octanol–water partition coefficient (Wildman–Crippen LogP) is 3.27. The lowest BCUT2D eigenvalue weighted by molar-refractivity contribution is 0.0593. The molecule has 0 aliphatic carbocycles. The van der Waals surface area contributed by atoms with Crippen molar-refractivity contribution in [3.8, 4) is 11.3 Å². The Hall–Kier alpha value is -3.55. The van der Waals surface area contributed by atoms with Crippen LogP contribution in [0.1, 0.15) is 39.6 Å². The number of carbonyl (C=O) groups is 1. The summed E-state index contributed by atoms with van der Waals surface area (Å²) in [6.45, 7) is 6.62. The second kappa shape index (κ2) is 9.30. The number of hydrogen-bond acceptors (Lipinski definition) is 8. The van der Waals surface area contributed by atoms with Crippen LogP contribution in [0.25, 0.3) is 11.3 Å². The molecule has 1 aromatic carbocycles. The second-order valence-electron chi connectivity index (χ2n) is 7.08. The van der Waals surface area contributed by atoms with Gasteiger partial charge in [-0.05, 0) is 44.4 Å². The summed E-state index contributed by atoms with van der Waals surface area (Å²) in [5.74, 6) is 1.03. The van der Waals surface area contributed by atoms with Crippen molar-refractivity contribution in [1.82, 2.24) is 19.9 Å².